The van der Waals surface area contributed by atoms with Crippen LogP contribution < -0.4 is 5.32 Å². The molecule has 5 heteroatoms. The fraction of sp³-hybridized carbons (Fsp3) is 0.231. The number of nitrogens with zero attached hydrogens (tertiary/aromatic N) is 2. The number of hydrogen-bond acceptors (Lipinski definition) is 3. The van der Waals surface area contributed by atoms with Gasteiger partial charge in [0.05, 0.1) is 5.69 Å². The summed E-state index contributed by atoms with van der Waals surface area (Å²) in [4.78, 5) is 8.43. The van der Waals surface area contributed by atoms with Gasteiger partial charge in [0, 0.05) is 24.2 Å². The van der Waals surface area contributed by atoms with Crippen LogP contribution in [0.1, 0.15) is 11.4 Å². The normalized spacial score (nSPS) is 10.5. The Balaban J connectivity index is 2.67. The van der Waals surface area contributed by atoms with Gasteiger partial charge < -0.3 is 5.32 Å². The van der Waals surface area contributed by atoms with Gasteiger partial charge in [0.25, 0.3) is 0 Å². The van der Waals surface area contributed by atoms with Crippen LogP contribution in [0, 0.1) is 25.5 Å². The van der Waals surface area contributed by atoms with Crippen LogP contribution in [0.3, 0.4) is 0 Å². The summed E-state index contributed by atoms with van der Waals surface area (Å²) in [6.07, 6.45) is 0. The average Bonchev–Trinajstić information content (AvgIpc) is 2.32. The van der Waals surface area contributed by atoms with E-state index in [-0.39, 0.29) is 5.56 Å². The van der Waals surface area contributed by atoms with Gasteiger partial charge in [-0.05, 0) is 26.0 Å². The molecular weight excluding hydrogens is 236 g/mol. The number of halogens is 2. The molecular formula is C13H13F2N3. The van der Waals surface area contributed by atoms with Crippen LogP contribution in [0.5, 0.6) is 0 Å². The molecule has 0 radical (unpaired) electrons. The Morgan fingerprint density at radius 3 is 2.44 bits per heavy atom. The molecule has 3 nitrogen and oxygen atoms in total. The summed E-state index contributed by atoms with van der Waals surface area (Å²) in [5.74, 6) is -0.0586. The smallest absolute Gasteiger partial charge is 0.135 e. The molecule has 0 aliphatic rings. The van der Waals surface area contributed by atoms with Gasteiger partial charge in [-0.25, -0.2) is 18.7 Å². The number of rotatable bonds is 2. The number of aromatic nitrogens is 2. The van der Waals surface area contributed by atoms with Gasteiger partial charge in [-0.3, -0.25) is 0 Å². The summed E-state index contributed by atoms with van der Waals surface area (Å²) in [6.45, 7) is 3.52. The van der Waals surface area contributed by atoms with Crippen LogP contribution in [-0.4, -0.2) is 17.0 Å². The topological polar surface area (TPSA) is 37.8 Å². The molecule has 1 N–H and O–H groups in total. The maximum atomic E-state index is 13.8. The van der Waals surface area contributed by atoms with Crippen molar-refractivity contribution in [3.05, 3.63) is 41.2 Å². The van der Waals surface area contributed by atoms with Crippen LogP contribution in [0.2, 0.25) is 0 Å². The van der Waals surface area contributed by atoms with Crippen molar-refractivity contribution < 1.29 is 8.78 Å². The highest BCUT2D eigenvalue weighted by Crippen LogP contribution is 2.27. The van der Waals surface area contributed by atoms with Crippen molar-refractivity contribution >= 4 is 5.82 Å². The zero-order valence-corrected chi connectivity index (χ0v) is 10.4. The molecule has 0 aliphatic heterocycles. The maximum Gasteiger partial charge on any atom is 0.135 e. The van der Waals surface area contributed by atoms with E-state index in [9.17, 15) is 8.78 Å². The largest absolute Gasteiger partial charge is 0.373 e. The highest BCUT2D eigenvalue weighted by Gasteiger charge is 2.14. The van der Waals surface area contributed by atoms with Crippen molar-refractivity contribution in [3.63, 3.8) is 0 Å². The first kappa shape index (κ1) is 12.4. The highest BCUT2D eigenvalue weighted by atomic mass is 19.1. The zero-order valence-electron chi connectivity index (χ0n) is 10.4. The number of anilines is 1. The Labute approximate surface area is 104 Å². The molecule has 0 atom stereocenters. The van der Waals surface area contributed by atoms with Crippen molar-refractivity contribution in [1.29, 1.82) is 0 Å². The Hall–Kier alpha value is -2.04. The van der Waals surface area contributed by atoms with Crippen LogP contribution in [-0.2, 0) is 0 Å². The maximum absolute atomic E-state index is 13.8. The summed E-state index contributed by atoms with van der Waals surface area (Å²) >= 11 is 0. The molecule has 0 aliphatic carbocycles. The van der Waals surface area contributed by atoms with Crippen molar-refractivity contribution in [1.82, 2.24) is 9.97 Å². The van der Waals surface area contributed by atoms with E-state index in [4.69, 9.17) is 0 Å². The van der Waals surface area contributed by atoms with Gasteiger partial charge in [-0.1, -0.05) is 0 Å². The zero-order chi connectivity index (χ0) is 13.3. The third-order valence-electron chi connectivity index (χ3n) is 2.68. The minimum atomic E-state index is -0.627. The van der Waals surface area contributed by atoms with Crippen LogP contribution >= 0.6 is 0 Å². The van der Waals surface area contributed by atoms with Gasteiger partial charge in [0.1, 0.15) is 23.3 Å². The Bertz CT molecular complexity index is 597. The Morgan fingerprint density at radius 1 is 1.11 bits per heavy atom. The van der Waals surface area contributed by atoms with Crippen LogP contribution in [0.15, 0.2) is 18.2 Å². The molecule has 0 saturated heterocycles. The predicted molar refractivity (Wildman–Crippen MR) is 66.4 cm³/mol. The van der Waals surface area contributed by atoms with E-state index in [0.717, 1.165) is 11.6 Å². The lowest BCUT2D eigenvalue weighted by Gasteiger charge is -2.11. The van der Waals surface area contributed by atoms with Crippen LogP contribution in [0.25, 0.3) is 11.3 Å². The first-order valence-electron chi connectivity index (χ1n) is 5.51. The lowest BCUT2D eigenvalue weighted by atomic mass is 10.1. The van der Waals surface area contributed by atoms with Crippen molar-refractivity contribution in [3.8, 4) is 11.3 Å². The molecule has 1 heterocycles. The molecule has 0 amide bonds. The van der Waals surface area contributed by atoms with Gasteiger partial charge >= 0.3 is 0 Å². The molecule has 2 rings (SSSR count). The van der Waals surface area contributed by atoms with Crippen LogP contribution in [0.4, 0.5) is 14.6 Å². The molecule has 0 fully saturated rings. The first-order valence-corrected chi connectivity index (χ1v) is 5.51. The van der Waals surface area contributed by atoms with E-state index in [1.54, 1.807) is 20.9 Å². The van der Waals surface area contributed by atoms with Gasteiger partial charge in [-0.2, -0.15) is 0 Å². The fourth-order valence-corrected chi connectivity index (χ4v) is 1.82. The molecule has 0 bridgehead atoms. The van der Waals surface area contributed by atoms with E-state index in [0.29, 0.717) is 17.3 Å². The lowest BCUT2D eigenvalue weighted by molar-refractivity contribution is 0.585. The predicted octanol–water partition coefficient (Wildman–Crippen LogP) is 3.08. The minimum Gasteiger partial charge on any atom is -0.373 e. The summed E-state index contributed by atoms with van der Waals surface area (Å²) in [6, 6.07) is 3.46. The third kappa shape index (κ3) is 2.16. The Morgan fingerprint density at radius 2 is 1.83 bits per heavy atom. The van der Waals surface area contributed by atoms with E-state index < -0.39 is 11.6 Å². The molecule has 2 aromatic rings. The number of hydrogen-bond donors (Lipinski definition) is 1. The third-order valence-corrected chi connectivity index (χ3v) is 2.68. The highest BCUT2D eigenvalue weighted by molar-refractivity contribution is 5.68. The molecule has 1 aromatic heterocycles. The summed E-state index contributed by atoms with van der Waals surface area (Å²) in [7, 11) is 1.74. The van der Waals surface area contributed by atoms with Gasteiger partial charge in [0.15, 0.2) is 0 Å². The molecule has 0 saturated carbocycles. The summed E-state index contributed by atoms with van der Waals surface area (Å²) < 4.78 is 26.7. The summed E-state index contributed by atoms with van der Waals surface area (Å²) in [5.41, 5.74) is 1.48. The number of nitrogens with one attached hydrogen (secondary N) is 1. The first-order chi connectivity index (χ1) is 8.52. The van der Waals surface area contributed by atoms with Gasteiger partial charge in [-0.15, -0.1) is 0 Å². The fourth-order valence-electron chi connectivity index (χ4n) is 1.82. The molecule has 0 unspecified atom stereocenters. The van der Waals surface area contributed by atoms with E-state index >= 15 is 0 Å². The second-order valence-electron chi connectivity index (χ2n) is 3.97. The van der Waals surface area contributed by atoms with E-state index in [1.807, 2.05) is 0 Å². The SMILES string of the molecule is CNc1nc(C)nc(-c2ccc(F)cc2F)c1C. The average molecular weight is 249 g/mol. The van der Waals surface area contributed by atoms with Crippen molar-refractivity contribution in [2.45, 2.75) is 13.8 Å². The Kier molecular flexibility index (Phi) is 3.23. The molecule has 94 valence electrons. The van der Waals surface area contributed by atoms with Gasteiger partial charge in [0.2, 0.25) is 0 Å². The van der Waals surface area contributed by atoms with E-state index in [1.165, 1.54) is 12.1 Å². The monoisotopic (exact) mass is 249 g/mol. The van der Waals surface area contributed by atoms with E-state index in [2.05, 4.69) is 15.3 Å². The number of benzene rings is 1. The summed E-state index contributed by atoms with van der Waals surface area (Å²) in [5, 5.41) is 2.93. The standard InChI is InChI=1S/C13H13F2N3/c1-7-12(17-8(2)18-13(7)16-3)10-5-4-9(14)6-11(10)15/h4-6H,1-3H3,(H,16,17,18). The number of aryl methyl sites for hydroxylation is 1. The lowest BCUT2D eigenvalue weighted by Crippen LogP contribution is -2.03. The molecule has 1 aromatic carbocycles. The molecule has 0 spiro atoms. The second kappa shape index (κ2) is 4.68. The quantitative estimate of drug-likeness (QED) is 0.888. The van der Waals surface area contributed by atoms with Crippen molar-refractivity contribution in [2.75, 3.05) is 12.4 Å². The molecule has 18 heavy (non-hydrogen) atoms. The van der Waals surface area contributed by atoms with Crippen molar-refractivity contribution in [2.24, 2.45) is 0 Å². The minimum absolute atomic E-state index is 0.274. The second-order valence-corrected chi connectivity index (χ2v) is 3.97.